The highest BCUT2D eigenvalue weighted by atomic mass is 32.1. The summed E-state index contributed by atoms with van der Waals surface area (Å²) in [5.41, 5.74) is 9.72. The molecular formula is C61H54F2N12O3S3. The van der Waals surface area contributed by atoms with Crippen LogP contribution in [0.1, 0.15) is 96.3 Å². The molecule has 3 amide bonds. The van der Waals surface area contributed by atoms with Crippen molar-refractivity contribution in [2.75, 3.05) is 16.0 Å². The number of aryl methyl sites for hydroxylation is 1. The molecule has 20 heteroatoms. The second kappa shape index (κ2) is 24.1. The van der Waals surface area contributed by atoms with Crippen molar-refractivity contribution < 1.29 is 23.2 Å². The summed E-state index contributed by atoms with van der Waals surface area (Å²) in [6.07, 6.45) is 5.06. The molecule has 0 unspecified atom stereocenters. The van der Waals surface area contributed by atoms with E-state index in [1.807, 2.05) is 121 Å². The number of hydrogen-bond acceptors (Lipinski definition) is 12. The topological polar surface area (TPSA) is 179 Å². The van der Waals surface area contributed by atoms with Crippen LogP contribution in [-0.2, 0) is 0 Å². The number of rotatable bonds is 12. The van der Waals surface area contributed by atoms with Gasteiger partial charge in [-0.05, 0) is 167 Å². The summed E-state index contributed by atoms with van der Waals surface area (Å²) in [6, 6.07) is 34.8. The lowest BCUT2D eigenvalue weighted by Crippen LogP contribution is -2.13. The minimum absolute atomic E-state index is 0.112. The zero-order valence-corrected chi connectivity index (χ0v) is 47.5. The molecule has 81 heavy (non-hydrogen) atoms. The van der Waals surface area contributed by atoms with Gasteiger partial charge in [0.1, 0.15) is 11.6 Å². The molecule has 12 aromatic rings. The van der Waals surface area contributed by atoms with Gasteiger partial charge in [-0.25, -0.2) is 37.8 Å². The molecule has 0 spiro atoms. The molecule has 0 atom stereocenters. The summed E-state index contributed by atoms with van der Waals surface area (Å²) >= 11 is 4.74. The highest BCUT2D eigenvalue weighted by Crippen LogP contribution is 2.33. The summed E-state index contributed by atoms with van der Waals surface area (Å²) in [5, 5.41) is 32.0. The van der Waals surface area contributed by atoms with Crippen molar-refractivity contribution >= 4 is 102 Å². The number of carbonyl (C=O) groups is 3. The minimum atomic E-state index is -0.350. The van der Waals surface area contributed by atoms with E-state index >= 15 is 0 Å². The highest BCUT2D eigenvalue weighted by molar-refractivity contribution is 7.13. The number of carbonyl (C=O) groups excluding carboxylic acids is 3. The first-order chi connectivity index (χ1) is 39.1. The molecule has 3 aromatic carbocycles. The SMILES string of the molecule is CC(C)n1ncc2c(C(=O)Nc3ccc(F)cc3)cc(-c3cccs3)nc21.CC(C)n1ncc2c(C(=O)Nc3ccc(F)cc3)cc(-c3ccsc3)nc21.Cc1cccc(NC(=O)c2cc(-c3cccs3)nc3c2cnn3C(C)C)c1. The first kappa shape index (κ1) is 55.2. The van der Waals surface area contributed by atoms with Gasteiger partial charge in [-0.1, -0.05) is 24.3 Å². The van der Waals surface area contributed by atoms with Crippen molar-refractivity contribution in [1.82, 2.24) is 44.3 Å². The van der Waals surface area contributed by atoms with Gasteiger partial charge in [0.05, 0.1) is 78.3 Å². The number of pyridine rings is 3. The Hall–Kier alpha value is -9.11. The largest absolute Gasteiger partial charge is 0.322 e. The maximum Gasteiger partial charge on any atom is 0.256 e. The molecule has 3 N–H and O–H groups in total. The average molecular weight is 1140 g/mol. The monoisotopic (exact) mass is 1140 g/mol. The van der Waals surface area contributed by atoms with E-state index in [1.165, 1.54) is 48.5 Å². The van der Waals surface area contributed by atoms with Crippen molar-refractivity contribution in [3.8, 4) is 32.4 Å². The Labute approximate surface area is 477 Å². The number of benzene rings is 3. The quantitative estimate of drug-likeness (QED) is 0.107. The standard InChI is InChI=1S/C21H20N4OS.2C20H17FN4OS/c1-13(2)25-20-17(12-22-25)16(11-18(24-20)19-8-5-9-27-19)21(26)23-15-7-4-6-14(3)10-15;1-12(2)25-19-17(10-22-25)16(9-18(24-19)13-7-8-27-11-13)20(26)23-15-5-3-14(21)4-6-15;1-12(2)25-19-16(11-22-25)15(10-17(24-19)18-4-3-9-27-18)20(26)23-14-7-5-13(21)6-8-14/h4-13H,1-3H3,(H,23,26);2*3-12H,1-2H3,(H,23,26). The van der Waals surface area contributed by atoms with E-state index in [0.29, 0.717) is 50.1 Å². The van der Waals surface area contributed by atoms with Crippen LogP contribution in [0.3, 0.4) is 0 Å². The molecule has 0 aliphatic carbocycles. The van der Waals surface area contributed by atoms with E-state index in [0.717, 1.165) is 54.7 Å². The summed E-state index contributed by atoms with van der Waals surface area (Å²) in [5.74, 6) is -1.42. The van der Waals surface area contributed by atoms with Crippen LogP contribution in [0.4, 0.5) is 25.8 Å². The van der Waals surface area contributed by atoms with Crippen molar-refractivity contribution in [2.24, 2.45) is 0 Å². The molecule has 9 aromatic heterocycles. The first-order valence-electron chi connectivity index (χ1n) is 25.9. The van der Waals surface area contributed by atoms with Crippen molar-refractivity contribution in [3.63, 3.8) is 0 Å². The van der Waals surface area contributed by atoms with Crippen LogP contribution >= 0.6 is 34.0 Å². The zero-order valence-electron chi connectivity index (χ0n) is 45.1. The van der Waals surface area contributed by atoms with Gasteiger partial charge in [-0.3, -0.25) is 14.4 Å². The van der Waals surface area contributed by atoms with Gasteiger partial charge in [0.2, 0.25) is 0 Å². The van der Waals surface area contributed by atoms with Crippen LogP contribution in [0.25, 0.3) is 65.5 Å². The third-order valence-corrected chi connectivity index (χ3v) is 15.2. The number of halogens is 2. The molecule has 0 aliphatic rings. The Morgan fingerprint density at radius 1 is 0.469 bits per heavy atom. The second-order valence-electron chi connectivity index (χ2n) is 19.6. The van der Waals surface area contributed by atoms with Crippen molar-refractivity contribution in [3.05, 3.63) is 195 Å². The zero-order chi connectivity index (χ0) is 56.9. The average Bonchev–Trinajstić information content (AvgIpc) is 4.45. The molecule has 9 heterocycles. The predicted molar refractivity (Wildman–Crippen MR) is 322 cm³/mol. The number of amides is 3. The molecular weight excluding hydrogens is 1080 g/mol. The van der Waals surface area contributed by atoms with Gasteiger partial charge in [0.25, 0.3) is 17.7 Å². The fraction of sp³-hybridized carbons (Fsp3) is 0.164. The van der Waals surface area contributed by atoms with Crippen LogP contribution < -0.4 is 16.0 Å². The lowest BCUT2D eigenvalue weighted by atomic mass is 10.1. The Balaban J connectivity index is 0.000000136. The number of hydrogen-bond donors (Lipinski definition) is 3. The minimum Gasteiger partial charge on any atom is -0.322 e. The Bertz CT molecular complexity index is 3990. The summed E-state index contributed by atoms with van der Waals surface area (Å²) in [4.78, 5) is 55.2. The fourth-order valence-electron chi connectivity index (χ4n) is 8.80. The van der Waals surface area contributed by atoms with Gasteiger partial charge >= 0.3 is 0 Å². The van der Waals surface area contributed by atoms with E-state index in [1.54, 1.807) is 74.1 Å². The number of thiophene rings is 3. The van der Waals surface area contributed by atoms with E-state index in [9.17, 15) is 23.2 Å². The van der Waals surface area contributed by atoms with Gasteiger partial charge in [0, 0.05) is 46.1 Å². The number of aromatic nitrogens is 9. The van der Waals surface area contributed by atoms with Gasteiger partial charge in [-0.2, -0.15) is 26.6 Å². The smallest absolute Gasteiger partial charge is 0.256 e. The number of nitrogens with zero attached hydrogens (tertiary/aromatic N) is 9. The van der Waals surface area contributed by atoms with E-state index in [4.69, 9.17) is 15.0 Å². The second-order valence-corrected chi connectivity index (χ2v) is 22.3. The molecule has 0 radical (unpaired) electrons. The summed E-state index contributed by atoms with van der Waals surface area (Å²) in [7, 11) is 0. The summed E-state index contributed by atoms with van der Waals surface area (Å²) < 4.78 is 31.7. The molecule has 12 rings (SSSR count). The van der Waals surface area contributed by atoms with Crippen LogP contribution in [0.5, 0.6) is 0 Å². The molecule has 0 aliphatic heterocycles. The molecule has 408 valence electrons. The van der Waals surface area contributed by atoms with E-state index in [-0.39, 0.29) is 47.5 Å². The highest BCUT2D eigenvalue weighted by Gasteiger charge is 2.23. The van der Waals surface area contributed by atoms with Gasteiger partial charge in [0.15, 0.2) is 16.9 Å². The third kappa shape index (κ3) is 12.4. The lowest BCUT2D eigenvalue weighted by molar-refractivity contribution is 0.102. The van der Waals surface area contributed by atoms with E-state index in [2.05, 4.69) is 45.1 Å². The molecule has 0 bridgehead atoms. The van der Waals surface area contributed by atoms with Crippen molar-refractivity contribution in [1.29, 1.82) is 0 Å². The molecule has 0 fully saturated rings. The van der Waals surface area contributed by atoms with Crippen LogP contribution in [-0.4, -0.2) is 62.0 Å². The molecule has 15 nitrogen and oxygen atoms in total. The maximum atomic E-state index is 13.1. The number of nitrogens with one attached hydrogen (secondary N) is 3. The Morgan fingerprint density at radius 3 is 1.25 bits per heavy atom. The number of anilines is 3. The predicted octanol–water partition coefficient (Wildman–Crippen LogP) is 15.6. The van der Waals surface area contributed by atoms with Gasteiger partial charge in [-0.15, -0.1) is 22.7 Å². The fourth-order valence-corrected chi connectivity index (χ4v) is 10.8. The number of fused-ring (bicyclic) bond motifs is 3. The Morgan fingerprint density at radius 2 is 0.877 bits per heavy atom. The third-order valence-electron chi connectivity index (χ3n) is 12.7. The maximum absolute atomic E-state index is 13.1. The van der Waals surface area contributed by atoms with Crippen LogP contribution in [0, 0.1) is 18.6 Å². The first-order valence-corrected chi connectivity index (χ1v) is 28.6. The molecule has 0 saturated heterocycles. The van der Waals surface area contributed by atoms with Crippen LogP contribution in [0.2, 0.25) is 0 Å². The van der Waals surface area contributed by atoms with Gasteiger partial charge < -0.3 is 16.0 Å². The van der Waals surface area contributed by atoms with Crippen LogP contribution in [0.15, 0.2) is 161 Å². The Kier molecular flexibility index (Phi) is 16.4. The van der Waals surface area contributed by atoms with E-state index < -0.39 is 0 Å². The molecule has 0 saturated carbocycles. The summed E-state index contributed by atoms with van der Waals surface area (Å²) in [6.45, 7) is 14.2. The van der Waals surface area contributed by atoms with Crippen molar-refractivity contribution in [2.45, 2.75) is 66.6 Å². The lowest BCUT2D eigenvalue weighted by Gasteiger charge is -2.11. The normalized spacial score (nSPS) is 11.3.